The van der Waals surface area contributed by atoms with Crippen LogP contribution in [0.15, 0.2) is 24.3 Å². The summed E-state index contributed by atoms with van der Waals surface area (Å²) in [4.78, 5) is 14.2. The number of hydrogen-bond donors (Lipinski definition) is 0. The second-order valence-corrected chi connectivity index (χ2v) is 7.73. The normalized spacial score (nSPS) is 27.7. The van der Waals surface area contributed by atoms with Crippen molar-refractivity contribution in [3.8, 4) is 0 Å². The third-order valence-corrected chi connectivity index (χ3v) is 4.80. The largest absolute Gasteiger partial charge is 0.444 e. The second-order valence-electron chi connectivity index (χ2n) is 7.73. The molecule has 0 aliphatic carbocycles. The van der Waals surface area contributed by atoms with Crippen LogP contribution in [0, 0.1) is 0 Å². The molecule has 0 radical (unpaired) electrons. The molecule has 1 unspecified atom stereocenters. The summed E-state index contributed by atoms with van der Waals surface area (Å²) >= 11 is 0. The number of rotatable bonds is 0. The highest BCUT2D eigenvalue weighted by Gasteiger charge is 2.45. The van der Waals surface area contributed by atoms with E-state index in [1.807, 2.05) is 25.7 Å². The maximum absolute atomic E-state index is 12.4. The van der Waals surface area contributed by atoms with E-state index < -0.39 is 5.60 Å². The molecule has 126 valence electrons. The zero-order valence-corrected chi connectivity index (χ0v) is 14.6. The molecule has 2 aliphatic rings. The number of hydrogen-bond acceptors (Lipinski definition) is 3. The Morgan fingerprint density at radius 2 is 2.09 bits per heavy atom. The molecule has 4 nitrogen and oxygen atoms in total. The Balaban J connectivity index is 1.78. The van der Waals surface area contributed by atoms with Crippen LogP contribution in [0.5, 0.6) is 0 Å². The van der Waals surface area contributed by atoms with Crippen LogP contribution in [0.3, 0.4) is 0 Å². The third-order valence-electron chi connectivity index (χ3n) is 4.80. The van der Waals surface area contributed by atoms with E-state index in [0.717, 1.165) is 25.9 Å². The zero-order chi connectivity index (χ0) is 16.7. The Bertz CT molecular complexity index is 593. The Hall–Kier alpha value is -1.55. The highest BCUT2D eigenvalue weighted by atomic mass is 16.6. The quantitative estimate of drug-likeness (QED) is 0.729. The van der Waals surface area contributed by atoms with Crippen LogP contribution >= 0.6 is 0 Å². The van der Waals surface area contributed by atoms with Crippen molar-refractivity contribution in [1.82, 2.24) is 4.90 Å². The van der Waals surface area contributed by atoms with E-state index in [1.165, 1.54) is 11.1 Å². The van der Waals surface area contributed by atoms with Crippen LogP contribution in [0.25, 0.3) is 0 Å². The van der Waals surface area contributed by atoms with E-state index in [-0.39, 0.29) is 17.7 Å². The standard InChI is InChI=1S/C19H27NO3/c1-14-13-19(10-11-20(14)17(21)23-18(2,3)4)16-8-6-5-7-15(16)9-12-22-19/h5-8,14H,9-13H2,1-4H3/t14-,19?/m0/s1. The molecule has 0 saturated carbocycles. The fourth-order valence-corrected chi connectivity index (χ4v) is 3.80. The molecule has 0 bridgehead atoms. The van der Waals surface area contributed by atoms with Gasteiger partial charge in [0.2, 0.25) is 0 Å². The summed E-state index contributed by atoms with van der Waals surface area (Å²) in [7, 11) is 0. The average molecular weight is 317 g/mol. The van der Waals surface area contributed by atoms with Gasteiger partial charge < -0.3 is 14.4 Å². The Morgan fingerprint density at radius 1 is 1.35 bits per heavy atom. The number of ether oxygens (including phenoxy) is 2. The van der Waals surface area contributed by atoms with Crippen molar-refractivity contribution >= 4 is 6.09 Å². The highest BCUT2D eigenvalue weighted by molar-refractivity contribution is 5.68. The van der Waals surface area contributed by atoms with Gasteiger partial charge in [0.05, 0.1) is 12.2 Å². The zero-order valence-electron chi connectivity index (χ0n) is 14.6. The molecule has 1 spiro atoms. The smallest absolute Gasteiger partial charge is 0.410 e. The molecule has 3 rings (SSSR count). The maximum atomic E-state index is 12.4. The summed E-state index contributed by atoms with van der Waals surface area (Å²) in [6.45, 7) is 9.23. The molecule has 1 fully saturated rings. The van der Waals surface area contributed by atoms with Gasteiger partial charge in [-0.25, -0.2) is 4.79 Å². The molecule has 4 heteroatoms. The van der Waals surface area contributed by atoms with Crippen molar-refractivity contribution in [3.63, 3.8) is 0 Å². The number of nitrogens with zero attached hydrogens (tertiary/aromatic N) is 1. The maximum Gasteiger partial charge on any atom is 0.410 e. The van der Waals surface area contributed by atoms with Gasteiger partial charge in [0, 0.05) is 19.0 Å². The molecule has 1 amide bonds. The Morgan fingerprint density at radius 3 is 2.78 bits per heavy atom. The van der Waals surface area contributed by atoms with E-state index in [0.29, 0.717) is 6.54 Å². The monoisotopic (exact) mass is 317 g/mol. The lowest BCUT2D eigenvalue weighted by molar-refractivity contribution is -0.110. The molecule has 2 atom stereocenters. The van der Waals surface area contributed by atoms with E-state index in [2.05, 4.69) is 31.2 Å². The van der Waals surface area contributed by atoms with Crippen molar-refractivity contribution in [1.29, 1.82) is 0 Å². The number of piperidine rings is 1. The van der Waals surface area contributed by atoms with Crippen LogP contribution < -0.4 is 0 Å². The summed E-state index contributed by atoms with van der Waals surface area (Å²) in [6, 6.07) is 8.66. The lowest BCUT2D eigenvalue weighted by atomic mass is 9.77. The SMILES string of the molecule is C[C@H]1CC2(CCN1C(=O)OC(C)(C)C)OCCc1ccccc12. The van der Waals surface area contributed by atoms with Gasteiger partial charge in [0.1, 0.15) is 5.60 Å². The van der Waals surface area contributed by atoms with Crippen LogP contribution in [0.4, 0.5) is 4.79 Å². The van der Waals surface area contributed by atoms with Gasteiger partial charge in [-0.15, -0.1) is 0 Å². The van der Waals surface area contributed by atoms with Crippen LogP contribution in [-0.2, 0) is 21.5 Å². The number of likely N-dealkylation sites (tertiary alicyclic amines) is 1. The molecule has 2 aliphatic heterocycles. The first-order chi connectivity index (χ1) is 10.8. The van der Waals surface area contributed by atoms with Crippen molar-refractivity contribution in [3.05, 3.63) is 35.4 Å². The summed E-state index contributed by atoms with van der Waals surface area (Å²) in [5.41, 5.74) is 1.99. The third kappa shape index (κ3) is 3.23. The van der Waals surface area contributed by atoms with Crippen molar-refractivity contribution < 1.29 is 14.3 Å². The minimum Gasteiger partial charge on any atom is -0.444 e. The van der Waals surface area contributed by atoms with Crippen molar-refractivity contribution in [2.24, 2.45) is 0 Å². The second kappa shape index (κ2) is 5.82. The first-order valence-corrected chi connectivity index (χ1v) is 8.53. The van der Waals surface area contributed by atoms with Gasteiger partial charge in [0.25, 0.3) is 0 Å². The van der Waals surface area contributed by atoms with Crippen LogP contribution in [0.1, 0.15) is 51.7 Å². The molecular formula is C19H27NO3. The molecule has 0 aromatic heterocycles. The van der Waals surface area contributed by atoms with Gasteiger partial charge in [-0.05, 0) is 51.7 Å². The van der Waals surface area contributed by atoms with E-state index in [4.69, 9.17) is 9.47 Å². The van der Waals surface area contributed by atoms with Gasteiger partial charge in [-0.1, -0.05) is 24.3 Å². The Kier molecular flexibility index (Phi) is 4.13. The van der Waals surface area contributed by atoms with E-state index >= 15 is 0 Å². The number of amides is 1. The number of benzene rings is 1. The molecular weight excluding hydrogens is 290 g/mol. The lowest BCUT2D eigenvalue weighted by Gasteiger charge is -2.48. The first kappa shape index (κ1) is 16.3. The highest BCUT2D eigenvalue weighted by Crippen LogP contribution is 2.43. The summed E-state index contributed by atoms with van der Waals surface area (Å²) in [5.74, 6) is 0. The summed E-state index contributed by atoms with van der Waals surface area (Å²) in [5, 5.41) is 0. The minimum atomic E-state index is -0.458. The minimum absolute atomic E-state index is 0.102. The van der Waals surface area contributed by atoms with E-state index in [1.54, 1.807) is 0 Å². The predicted octanol–water partition coefficient (Wildman–Crippen LogP) is 3.87. The van der Waals surface area contributed by atoms with Crippen molar-refractivity contribution in [2.45, 2.75) is 64.2 Å². The lowest BCUT2D eigenvalue weighted by Crippen LogP contribution is -2.53. The van der Waals surface area contributed by atoms with Gasteiger partial charge in [-0.2, -0.15) is 0 Å². The molecule has 0 N–H and O–H groups in total. The molecule has 1 aromatic rings. The topological polar surface area (TPSA) is 38.8 Å². The average Bonchev–Trinajstić information content (AvgIpc) is 2.46. The fraction of sp³-hybridized carbons (Fsp3) is 0.632. The predicted molar refractivity (Wildman–Crippen MR) is 89.4 cm³/mol. The summed E-state index contributed by atoms with van der Waals surface area (Å²) < 4.78 is 11.8. The van der Waals surface area contributed by atoms with Gasteiger partial charge in [0.15, 0.2) is 0 Å². The van der Waals surface area contributed by atoms with Crippen molar-refractivity contribution in [2.75, 3.05) is 13.2 Å². The van der Waals surface area contributed by atoms with Gasteiger partial charge in [-0.3, -0.25) is 0 Å². The van der Waals surface area contributed by atoms with Crippen LogP contribution in [-0.4, -0.2) is 35.8 Å². The van der Waals surface area contributed by atoms with E-state index in [9.17, 15) is 4.79 Å². The van der Waals surface area contributed by atoms with Gasteiger partial charge >= 0.3 is 6.09 Å². The molecule has 2 heterocycles. The molecule has 1 aromatic carbocycles. The molecule has 23 heavy (non-hydrogen) atoms. The molecule has 1 saturated heterocycles. The number of carbonyl (C=O) groups excluding carboxylic acids is 1. The fourth-order valence-electron chi connectivity index (χ4n) is 3.80. The number of fused-ring (bicyclic) bond motifs is 2. The Labute approximate surface area is 138 Å². The van der Waals surface area contributed by atoms with Crippen LogP contribution in [0.2, 0.25) is 0 Å². The number of carbonyl (C=O) groups is 1. The summed E-state index contributed by atoms with van der Waals surface area (Å²) in [6.07, 6.45) is 2.41. The first-order valence-electron chi connectivity index (χ1n) is 8.53.